The van der Waals surface area contributed by atoms with E-state index in [2.05, 4.69) is 4.72 Å². The van der Waals surface area contributed by atoms with Gasteiger partial charge in [-0.1, -0.05) is 25.1 Å². The second-order valence-corrected chi connectivity index (χ2v) is 15.9. The zero-order chi connectivity index (χ0) is 35.1. The summed E-state index contributed by atoms with van der Waals surface area (Å²) in [5.74, 6) is -1.24. The first-order chi connectivity index (χ1) is 22.7. The minimum atomic E-state index is -4.12. The van der Waals surface area contributed by atoms with E-state index in [4.69, 9.17) is 9.47 Å². The molecular formula is C34H44FN3O8S2. The molecule has 4 atom stereocenters. The Hall–Kier alpha value is -3.56. The maximum atomic E-state index is 14.3. The first-order valence-corrected chi connectivity index (χ1v) is 18.8. The lowest BCUT2D eigenvalue weighted by Crippen LogP contribution is -2.48. The average molecular weight is 706 g/mol. The number of anilines is 1. The summed E-state index contributed by atoms with van der Waals surface area (Å²) in [4.78, 5) is 15.8. The number of aliphatic hydroxyl groups is 1. The third-order valence-electron chi connectivity index (χ3n) is 8.32. The monoisotopic (exact) mass is 705 g/mol. The van der Waals surface area contributed by atoms with Crippen LogP contribution in [0.1, 0.15) is 50.4 Å². The highest BCUT2D eigenvalue weighted by atomic mass is 32.2. The zero-order valence-electron chi connectivity index (χ0n) is 27.6. The van der Waals surface area contributed by atoms with Crippen molar-refractivity contribution in [3.05, 3.63) is 84.2 Å². The van der Waals surface area contributed by atoms with Gasteiger partial charge in [0.2, 0.25) is 10.0 Å². The Bertz CT molecular complexity index is 1740. The molecule has 11 nitrogen and oxygen atoms in total. The smallest absolute Gasteiger partial charge is 0.261 e. The summed E-state index contributed by atoms with van der Waals surface area (Å²) in [6, 6.07) is 16.2. The number of nitrogens with one attached hydrogen (secondary N) is 1. The van der Waals surface area contributed by atoms with Crippen LogP contribution in [0.4, 0.5) is 10.1 Å². The SMILES string of the molecule is C[C@@H]1CCCCO[C@H](CN(C)S(=O)(=O)c2ccccc2)[C@H](C)CN([C@H](C)CO)C(=O)c2cc(NS(=O)(=O)c3ccc(F)cc3)ccc2O1. The first-order valence-electron chi connectivity index (χ1n) is 15.9. The summed E-state index contributed by atoms with van der Waals surface area (Å²) in [7, 11) is -6.44. The number of carbonyl (C=O) groups is 1. The Morgan fingerprint density at radius 1 is 1.00 bits per heavy atom. The van der Waals surface area contributed by atoms with Crippen LogP contribution in [0.2, 0.25) is 0 Å². The van der Waals surface area contributed by atoms with Crippen molar-refractivity contribution < 1.29 is 40.6 Å². The third-order valence-corrected chi connectivity index (χ3v) is 11.6. The number of likely N-dealkylation sites (N-methyl/N-ethyl adjacent to an activating group) is 1. The van der Waals surface area contributed by atoms with Crippen LogP contribution in [-0.2, 0) is 24.8 Å². The predicted molar refractivity (Wildman–Crippen MR) is 180 cm³/mol. The van der Waals surface area contributed by atoms with Crippen molar-refractivity contribution >= 4 is 31.6 Å². The van der Waals surface area contributed by atoms with Gasteiger partial charge in [-0.05, 0) is 87.7 Å². The summed E-state index contributed by atoms with van der Waals surface area (Å²) in [5.41, 5.74) is 0.161. The molecule has 0 saturated heterocycles. The van der Waals surface area contributed by atoms with Gasteiger partial charge in [0, 0.05) is 38.3 Å². The standard InChI is InChI=1S/C34H44FN3O8S2/c1-24-21-38(25(2)23-39)34(40)31-20-28(36-47(41,42)29-16-13-27(35)14-17-29)15-18-32(31)46-26(3)10-8-9-19-45-33(24)22-37(4)48(43,44)30-11-6-5-7-12-30/h5-7,11-18,20,24-26,33,36,39H,8-10,19,21-23H2,1-4H3/t24-,25-,26-,33-/m1/s1. The van der Waals surface area contributed by atoms with Crippen molar-refractivity contribution in [2.24, 2.45) is 5.92 Å². The number of amides is 1. The molecule has 1 aliphatic heterocycles. The van der Waals surface area contributed by atoms with E-state index in [1.54, 1.807) is 25.1 Å². The van der Waals surface area contributed by atoms with Gasteiger partial charge in [0.1, 0.15) is 11.6 Å². The Morgan fingerprint density at radius 2 is 1.69 bits per heavy atom. The van der Waals surface area contributed by atoms with Gasteiger partial charge in [-0.3, -0.25) is 9.52 Å². The molecule has 14 heteroatoms. The number of ether oxygens (including phenoxy) is 2. The fourth-order valence-corrected chi connectivity index (χ4v) is 7.65. The lowest BCUT2D eigenvalue weighted by molar-refractivity contribution is -0.00833. The van der Waals surface area contributed by atoms with Crippen molar-refractivity contribution in [2.75, 3.05) is 38.1 Å². The van der Waals surface area contributed by atoms with E-state index in [1.807, 2.05) is 13.8 Å². The lowest BCUT2D eigenvalue weighted by atomic mass is 10.0. The number of benzene rings is 3. The Balaban J connectivity index is 1.68. The molecule has 0 saturated carbocycles. The number of sulfonamides is 2. The number of hydrogen-bond acceptors (Lipinski definition) is 8. The summed E-state index contributed by atoms with van der Waals surface area (Å²) in [6.45, 7) is 5.53. The van der Waals surface area contributed by atoms with Crippen molar-refractivity contribution in [3.8, 4) is 5.75 Å². The van der Waals surface area contributed by atoms with Crippen molar-refractivity contribution in [2.45, 2.75) is 68.1 Å². The van der Waals surface area contributed by atoms with Crippen molar-refractivity contribution in [3.63, 3.8) is 0 Å². The molecule has 0 fully saturated rings. The highest BCUT2D eigenvalue weighted by molar-refractivity contribution is 7.92. The van der Waals surface area contributed by atoms with E-state index in [1.165, 1.54) is 46.6 Å². The van der Waals surface area contributed by atoms with E-state index in [9.17, 15) is 31.1 Å². The molecule has 1 heterocycles. The molecule has 1 aliphatic rings. The quantitative estimate of drug-likeness (QED) is 0.325. The van der Waals surface area contributed by atoms with Crippen LogP contribution in [-0.4, -0.2) is 88.7 Å². The molecular weight excluding hydrogens is 662 g/mol. The van der Waals surface area contributed by atoms with E-state index in [0.29, 0.717) is 19.4 Å². The largest absolute Gasteiger partial charge is 0.490 e. The highest BCUT2D eigenvalue weighted by Crippen LogP contribution is 2.30. The van der Waals surface area contributed by atoms with Crippen LogP contribution in [0.15, 0.2) is 82.6 Å². The molecule has 0 spiro atoms. The van der Waals surface area contributed by atoms with Crippen LogP contribution >= 0.6 is 0 Å². The molecule has 2 N–H and O–H groups in total. The van der Waals surface area contributed by atoms with Crippen LogP contribution in [0.5, 0.6) is 5.75 Å². The second-order valence-electron chi connectivity index (χ2n) is 12.2. The van der Waals surface area contributed by atoms with E-state index < -0.39 is 43.9 Å². The molecule has 3 aromatic rings. The van der Waals surface area contributed by atoms with E-state index in [0.717, 1.165) is 30.7 Å². The second kappa shape index (κ2) is 16.2. The molecule has 0 aromatic heterocycles. The zero-order valence-corrected chi connectivity index (χ0v) is 29.2. The first kappa shape index (κ1) is 37.3. The number of nitrogens with zero attached hydrogens (tertiary/aromatic N) is 2. The van der Waals surface area contributed by atoms with Gasteiger partial charge in [0.15, 0.2) is 0 Å². The van der Waals surface area contributed by atoms with Crippen LogP contribution in [0.3, 0.4) is 0 Å². The van der Waals surface area contributed by atoms with Gasteiger partial charge in [-0.25, -0.2) is 21.2 Å². The maximum Gasteiger partial charge on any atom is 0.261 e. The Morgan fingerprint density at radius 3 is 2.35 bits per heavy atom. The van der Waals surface area contributed by atoms with E-state index in [-0.39, 0.29) is 58.5 Å². The van der Waals surface area contributed by atoms with Gasteiger partial charge >= 0.3 is 0 Å². The Labute approximate surface area is 282 Å². The van der Waals surface area contributed by atoms with Gasteiger partial charge in [-0.2, -0.15) is 4.31 Å². The lowest BCUT2D eigenvalue weighted by Gasteiger charge is -2.35. The van der Waals surface area contributed by atoms with Gasteiger partial charge in [-0.15, -0.1) is 0 Å². The fourth-order valence-electron chi connectivity index (χ4n) is 5.40. The number of rotatable bonds is 9. The van der Waals surface area contributed by atoms with Gasteiger partial charge in [0.25, 0.3) is 15.9 Å². The summed E-state index contributed by atoms with van der Waals surface area (Å²) < 4.78 is 82.5. The number of fused-ring (bicyclic) bond motifs is 1. The molecule has 0 aliphatic carbocycles. The van der Waals surface area contributed by atoms with Crippen LogP contribution in [0.25, 0.3) is 0 Å². The van der Waals surface area contributed by atoms with E-state index >= 15 is 0 Å². The number of aliphatic hydroxyl groups excluding tert-OH is 1. The van der Waals surface area contributed by atoms with Gasteiger partial charge < -0.3 is 19.5 Å². The topological polar surface area (TPSA) is 143 Å². The highest BCUT2D eigenvalue weighted by Gasteiger charge is 2.32. The normalized spacial score (nSPS) is 20.8. The van der Waals surface area contributed by atoms with Gasteiger partial charge in [0.05, 0.1) is 40.2 Å². The molecule has 262 valence electrons. The molecule has 1 amide bonds. The number of carbonyl (C=O) groups excluding carboxylic acids is 1. The molecule has 48 heavy (non-hydrogen) atoms. The van der Waals surface area contributed by atoms with Crippen molar-refractivity contribution in [1.29, 1.82) is 0 Å². The molecule has 3 aromatic carbocycles. The summed E-state index contributed by atoms with van der Waals surface area (Å²) in [5, 5.41) is 10.2. The molecule has 0 bridgehead atoms. The molecule has 4 rings (SSSR count). The van der Waals surface area contributed by atoms with Crippen LogP contribution < -0.4 is 9.46 Å². The number of hydrogen-bond donors (Lipinski definition) is 2. The predicted octanol–water partition coefficient (Wildman–Crippen LogP) is 4.74. The van der Waals surface area contributed by atoms with Crippen LogP contribution in [0, 0.1) is 11.7 Å². The molecule has 0 unspecified atom stereocenters. The minimum Gasteiger partial charge on any atom is -0.490 e. The minimum absolute atomic E-state index is 0.0271. The summed E-state index contributed by atoms with van der Waals surface area (Å²) in [6.07, 6.45) is 1.17. The fraction of sp³-hybridized carbons (Fsp3) is 0.441. The van der Waals surface area contributed by atoms with Crippen molar-refractivity contribution in [1.82, 2.24) is 9.21 Å². The maximum absolute atomic E-state index is 14.3. The summed E-state index contributed by atoms with van der Waals surface area (Å²) >= 11 is 0. The molecule has 0 radical (unpaired) electrons. The number of halogens is 1. The third kappa shape index (κ3) is 9.32. The average Bonchev–Trinajstić information content (AvgIpc) is 3.06. The Kier molecular flexibility index (Phi) is 12.6.